The monoisotopic (exact) mass is 313 g/mol. The van der Waals surface area contributed by atoms with Crippen LogP contribution in [0.5, 0.6) is 0 Å². The topological polar surface area (TPSA) is 87.0 Å². The van der Waals surface area contributed by atoms with Crippen molar-refractivity contribution in [2.45, 2.75) is 20.3 Å². The lowest BCUT2D eigenvalue weighted by atomic mass is 10.2. The van der Waals surface area contributed by atoms with Crippen LogP contribution in [-0.4, -0.2) is 41.1 Å². The summed E-state index contributed by atoms with van der Waals surface area (Å²) in [4.78, 5) is 27.4. The van der Waals surface area contributed by atoms with Crippen LogP contribution < -0.4 is 15.6 Å². The number of rotatable bonds is 2. The molecule has 7 heteroatoms. The summed E-state index contributed by atoms with van der Waals surface area (Å²) in [6.45, 7) is 7.29. The number of piperazine rings is 1. The second-order valence-electron chi connectivity index (χ2n) is 5.84. The van der Waals surface area contributed by atoms with Crippen molar-refractivity contribution in [3.63, 3.8) is 0 Å². The van der Waals surface area contributed by atoms with E-state index in [0.717, 1.165) is 49.7 Å². The maximum atomic E-state index is 13.0. The Labute approximate surface area is 132 Å². The van der Waals surface area contributed by atoms with Crippen LogP contribution in [-0.2, 0) is 6.42 Å². The average molecular weight is 313 g/mol. The lowest BCUT2D eigenvalue weighted by molar-refractivity contribution is 0.568. The van der Waals surface area contributed by atoms with E-state index in [1.165, 1.54) is 0 Å². The smallest absolute Gasteiger partial charge is 0.247 e. The van der Waals surface area contributed by atoms with Gasteiger partial charge in [0.1, 0.15) is 17.0 Å². The van der Waals surface area contributed by atoms with Crippen molar-refractivity contribution in [2.24, 2.45) is 0 Å². The van der Waals surface area contributed by atoms with Gasteiger partial charge in [0.05, 0.1) is 0 Å². The summed E-state index contributed by atoms with van der Waals surface area (Å²) in [6.07, 6.45) is 0.737. The van der Waals surface area contributed by atoms with E-state index in [1.807, 2.05) is 13.8 Å². The van der Waals surface area contributed by atoms with Gasteiger partial charge < -0.3 is 19.6 Å². The first-order valence-corrected chi connectivity index (χ1v) is 7.96. The van der Waals surface area contributed by atoms with Gasteiger partial charge in [0.15, 0.2) is 11.2 Å². The first kappa shape index (κ1) is 14.2. The summed E-state index contributed by atoms with van der Waals surface area (Å²) >= 11 is 0. The Morgan fingerprint density at radius 2 is 2.09 bits per heavy atom. The first-order chi connectivity index (χ1) is 11.2. The van der Waals surface area contributed by atoms with Crippen LogP contribution in [0.15, 0.2) is 15.3 Å². The van der Waals surface area contributed by atoms with E-state index in [1.54, 1.807) is 6.07 Å². The molecule has 23 heavy (non-hydrogen) atoms. The predicted molar refractivity (Wildman–Crippen MR) is 89.1 cm³/mol. The molecule has 0 aliphatic carbocycles. The highest BCUT2D eigenvalue weighted by Crippen LogP contribution is 2.21. The highest BCUT2D eigenvalue weighted by molar-refractivity contribution is 5.84. The number of aromatic nitrogens is 3. The molecule has 0 aromatic carbocycles. The van der Waals surface area contributed by atoms with Gasteiger partial charge in [-0.25, -0.2) is 4.98 Å². The van der Waals surface area contributed by atoms with Crippen molar-refractivity contribution in [3.05, 3.63) is 27.7 Å². The van der Waals surface area contributed by atoms with Gasteiger partial charge in [-0.15, -0.1) is 0 Å². The molecule has 7 nitrogen and oxygen atoms in total. The van der Waals surface area contributed by atoms with Crippen LogP contribution in [0.3, 0.4) is 0 Å². The third-order valence-electron chi connectivity index (χ3n) is 4.26. The van der Waals surface area contributed by atoms with Gasteiger partial charge in [-0.05, 0) is 13.3 Å². The Bertz CT molecular complexity index is 937. The van der Waals surface area contributed by atoms with Crippen LogP contribution in [0.25, 0.3) is 22.4 Å². The van der Waals surface area contributed by atoms with E-state index in [4.69, 9.17) is 4.42 Å². The SMILES string of the molecule is CCc1[nH]c2nc3oc(C)cc3nc2c(=O)c1N1CCNCC1. The van der Waals surface area contributed by atoms with Crippen molar-refractivity contribution in [1.29, 1.82) is 0 Å². The molecule has 4 heterocycles. The predicted octanol–water partition coefficient (Wildman–Crippen LogP) is 1.34. The fourth-order valence-corrected chi connectivity index (χ4v) is 3.15. The van der Waals surface area contributed by atoms with Crippen molar-refractivity contribution < 1.29 is 4.42 Å². The number of fused-ring (bicyclic) bond motifs is 2. The van der Waals surface area contributed by atoms with Gasteiger partial charge in [-0.2, -0.15) is 4.98 Å². The van der Waals surface area contributed by atoms with E-state index in [-0.39, 0.29) is 5.43 Å². The molecule has 0 bridgehead atoms. The van der Waals surface area contributed by atoms with Gasteiger partial charge in [0, 0.05) is 37.9 Å². The molecule has 0 radical (unpaired) electrons. The van der Waals surface area contributed by atoms with E-state index < -0.39 is 0 Å². The number of nitrogens with zero attached hydrogens (tertiary/aromatic N) is 3. The average Bonchev–Trinajstić information content (AvgIpc) is 2.92. The minimum Gasteiger partial charge on any atom is -0.442 e. The number of pyridine rings is 1. The Hall–Kier alpha value is -2.41. The molecule has 1 saturated heterocycles. The number of anilines is 1. The summed E-state index contributed by atoms with van der Waals surface area (Å²) in [6, 6.07) is 1.80. The highest BCUT2D eigenvalue weighted by Gasteiger charge is 2.21. The molecule has 2 N–H and O–H groups in total. The van der Waals surface area contributed by atoms with Crippen LogP contribution in [0.4, 0.5) is 5.69 Å². The molecular weight excluding hydrogens is 294 g/mol. The summed E-state index contributed by atoms with van der Waals surface area (Å²) in [5, 5.41) is 3.31. The van der Waals surface area contributed by atoms with Crippen molar-refractivity contribution >= 4 is 28.1 Å². The van der Waals surface area contributed by atoms with E-state index in [0.29, 0.717) is 22.4 Å². The van der Waals surface area contributed by atoms with Gasteiger partial charge in [0.2, 0.25) is 11.1 Å². The normalized spacial score (nSPS) is 15.7. The summed E-state index contributed by atoms with van der Waals surface area (Å²) in [5.41, 5.74) is 3.54. The maximum Gasteiger partial charge on any atom is 0.247 e. The second-order valence-corrected chi connectivity index (χ2v) is 5.84. The van der Waals surface area contributed by atoms with Crippen LogP contribution in [0.1, 0.15) is 18.4 Å². The number of aryl methyl sites for hydroxylation is 2. The first-order valence-electron chi connectivity index (χ1n) is 7.96. The molecule has 120 valence electrons. The maximum absolute atomic E-state index is 13.0. The molecular formula is C16H19N5O2. The third kappa shape index (κ3) is 2.28. The standard InChI is InChI=1S/C16H19N5O2/c1-3-10-13(21-6-4-17-5-7-21)14(22)12-15(19-10)20-16-11(18-12)8-9(2)23-16/h8,17H,3-7H2,1-2H3,(H,19,20,22). The minimum atomic E-state index is -0.0502. The molecule has 0 amide bonds. The molecule has 3 aromatic rings. The molecule has 0 spiro atoms. The fourth-order valence-electron chi connectivity index (χ4n) is 3.15. The highest BCUT2D eigenvalue weighted by atomic mass is 16.3. The Morgan fingerprint density at radius 1 is 1.30 bits per heavy atom. The van der Waals surface area contributed by atoms with Crippen LogP contribution in [0.2, 0.25) is 0 Å². The zero-order valence-electron chi connectivity index (χ0n) is 13.3. The summed E-state index contributed by atoms with van der Waals surface area (Å²) < 4.78 is 5.52. The third-order valence-corrected chi connectivity index (χ3v) is 4.26. The van der Waals surface area contributed by atoms with E-state index >= 15 is 0 Å². The molecule has 1 aliphatic rings. The Balaban J connectivity index is 1.99. The second kappa shape index (κ2) is 5.34. The minimum absolute atomic E-state index is 0.0502. The number of hydrogen-bond acceptors (Lipinski definition) is 6. The molecule has 0 unspecified atom stereocenters. The Morgan fingerprint density at radius 3 is 2.83 bits per heavy atom. The molecule has 1 fully saturated rings. The summed E-state index contributed by atoms with van der Waals surface area (Å²) in [7, 11) is 0. The molecule has 0 atom stereocenters. The lowest BCUT2D eigenvalue weighted by Crippen LogP contribution is -2.45. The van der Waals surface area contributed by atoms with Gasteiger partial charge >= 0.3 is 0 Å². The number of hydrogen-bond donors (Lipinski definition) is 2. The van der Waals surface area contributed by atoms with E-state index in [9.17, 15) is 4.79 Å². The number of aromatic amines is 1. The van der Waals surface area contributed by atoms with Gasteiger partial charge in [-0.1, -0.05) is 6.92 Å². The van der Waals surface area contributed by atoms with Gasteiger partial charge in [-0.3, -0.25) is 4.79 Å². The number of H-pyrrole nitrogens is 1. The van der Waals surface area contributed by atoms with Crippen molar-refractivity contribution in [1.82, 2.24) is 20.3 Å². The zero-order chi connectivity index (χ0) is 16.0. The molecule has 0 saturated carbocycles. The van der Waals surface area contributed by atoms with Crippen LogP contribution in [0, 0.1) is 6.92 Å². The number of nitrogens with one attached hydrogen (secondary N) is 2. The summed E-state index contributed by atoms with van der Waals surface area (Å²) in [5.74, 6) is 0.737. The molecule has 1 aliphatic heterocycles. The number of furan rings is 1. The molecule has 4 rings (SSSR count). The zero-order valence-corrected chi connectivity index (χ0v) is 13.3. The van der Waals surface area contributed by atoms with Crippen molar-refractivity contribution in [3.8, 4) is 0 Å². The van der Waals surface area contributed by atoms with Gasteiger partial charge in [0.25, 0.3) is 0 Å². The van der Waals surface area contributed by atoms with Crippen molar-refractivity contribution in [2.75, 3.05) is 31.1 Å². The quantitative estimate of drug-likeness (QED) is 0.742. The largest absolute Gasteiger partial charge is 0.442 e. The fraction of sp³-hybridized carbons (Fsp3) is 0.438. The lowest BCUT2D eigenvalue weighted by Gasteiger charge is -2.30. The Kier molecular flexibility index (Phi) is 3.30. The molecule has 3 aromatic heterocycles. The van der Waals surface area contributed by atoms with E-state index in [2.05, 4.69) is 25.2 Å². The van der Waals surface area contributed by atoms with Crippen LogP contribution >= 0.6 is 0 Å².